The first-order valence-corrected chi connectivity index (χ1v) is 9.72. The van der Waals surface area contributed by atoms with Crippen molar-refractivity contribution in [3.05, 3.63) is 84.4 Å². The maximum absolute atomic E-state index is 9.55. The molecule has 0 atom stereocenters. The lowest BCUT2D eigenvalue weighted by atomic mass is 9.34. The molecule has 0 saturated heterocycles. The van der Waals surface area contributed by atoms with Crippen LogP contribution in [0, 0.1) is 11.3 Å². The van der Waals surface area contributed by atoms with Crippen molar-refractivity contribution in [3.63, 3.8) is 0 Å². The lowest BCUT2D eigenvalue weighted by molar-refractivity contribution is 0.488. The zero-order chi connectivity index (χ0) is 19.1. The van der Waals surface area contributed by atoms with Crippen LogP contribution in [0.3, 0.4) is 0 Å². The molecule has 1 aromatic heterocycles. The fraction of sp³-hybridized carbons (Fsp3) is 0. The Morgan fingerprint density at radius 2 is 1.66 bits per heavy atom. The van der Waals surface area contributed by atoms with E-state index in [9.17, 15) is 5.26 Å². The largest absolute Gasteiger partial charge is 0.458 e. The summed E-state index contributed by atoms with van der Waals surface area (Å²) in [5, 5.41) is 12.0. The molecular formula is C25H13BN2O. The van der Waals surface area contributed by atoms with E-state index in [2.05, 4.69) is 65.2 Å². The molecule has 0 fully saturated rings. The van der Waals surface area contributed by atoms with Gasteiger partial charge in [0.2, 0.25) is 0 Å². The standard InChI is InChI=1S/C25H13BN2O/c27-14-15-9-11-18-21(13-15)28-20-7-3-1-5-16(20)17-10-12-23-24(25(17)28)26(18)19-6-2-4-8-22(19)29-23/h1-13H. The molecule has 0 bridgehead atoms. The van der Waals surface area contributed by atoms with Gasteiger partial charge in [-0.25, -0.2) is 0 Å². The van der Waals surface area contributed by atoms with Gasteiger partial charge in [0.25, 0.3) is 6.71 Å². The van der Waals surface area contributed by atoms with Gasteiger partial charge in [-0.1, -0.05) is 42.5 Å². The van der Waals surface area contributed by atoms with Crippen LogP contribution in [0.25, 0.3) is 27.5 Å². The summed E-state index contributed by atoms with van der Waals surface area (Å²) in [5.74, 6) is 1.82. The minimum Gasteiger partial charge on any atom is -0.458 e. The molecule has 0 radical (unpaired) electrons. The molecule has 4 heteroatoms. The molecular weight excluding hydrogens is 355 g/mol. The number of nitrogens with zero attached hydrogens (tertiary/aromatic N) is 2. The Bertz CT molecular complexity index is 1560. The number of fused-ring (bicyclic) bond motifs is 8. The topological polar surface area (TPSA) is 38.0 Å². The van der Waals surface area contributed by atoms with Crippen LogP contribution in [0.4, 0.5) is 0 Å². The van der Waals surface area contributed by atoms with Crippen LogP contribution in [-0.4, -0.2) is 11.3 Å². The average molecular weight is 368 g/mol. The van der Waals surface area contributed by atoms with E-state index >= 15 is 0 Å². The number of para-hydroxylation sites is 2. The fourth-order valence-electron chi connectivity index (χ4n) is 5.14. The maximum Gasteiger partial charge on any atom is 0.256 e. The van der Waals surface area contributed by atoms with E-state index in [0.717, 1.165) is 22.7 Å². The molecule has 0 N–H and O–H groups in total. The highest BCUT2D eigenvalue weighted by atomic mass is 16.5. The van der Waals surface area contributed by atoms with Crippen LogP contribution in [0.1, 0.15) is 5.56 Å². The van der Waals surface area contributed by atoms with Crippen LogP contribution in [-0.2, 0) is 0 Å². The molecule has 0 amide bonds. The summed E-state index contributed by atoms with van der Waals surface area (Å²) in [6.45, 7) is 0.0956. The number of hydrogen-bond acceptors (Lipinski definition) is 2. The van der Waals surface area contributed by atoms with Crippen LogP contribution >= 0.6 is 0 Å². The van der Waals surface area contributed by atoms with Crippen molar-refractivity contribution in [1.82, 2.24) is 4.57 Å². The average Bonchev–Trinajstić information content (AvgIpc) is 3.12. The van der Waals surface area contributed by atoms with Crippen LogP contribution < -0.4 is 21.1 Å². The Balaban J connectivity index is 1.75. The Hall–Kier alpha value is -3.97. The second-order valence-corrected chi connectivity index (χ2v) is 7.68. The highest BCUT2D eigenvalue weighted by molar-refractivity contribution is 6.99. The Kier molecular flexibility index (Phi) is 2.64. The van der Waals surface area contributed by atoms with E-state index in [1.54, 1.807) is 0 Å². The van der Waals surface area contributed by atoms with Crippen molar-refractivity contribution in [2.75, 3.05) is 0 Å². The zero-order valence-electron chi connectivity index (χ0n) is 15.4. The van der Waals surface area contributed by atoms with Gasteiger partial charge in [-0.15, -0.1) is 0 Å². The third kappa shape index (κ3) is 1.73. The van der Waals surface area contributed by atoms with Crippen molar-refractivity contribution >= 4 is 44.9 Å². The Morgan fingerprint density at radius 3 is 2.59 bits per heavy atom. The van der Waals surface area contributed by atoms with Crippen molar-refractivity contribution in [3.8, 4) is 23.3 Å². The van der Waals surface area contributed by atoms with Gasteiger partial charge >= 0.3 is 0 Å². The third-order valence-corrected chi connectivity index (χ3v) is 6.29. The second-order valence-electron chi connectivity index (χ2n) is 7.68. The molecule has 0 spiro atoms. The normalized spacial score (nSPS) is 13.0. The van der Waals surface area contributed by atoms with Crippen LogP contribution in [0.5, 0.6) is 11.5 Å². The molecule has 29 heavy (non-hydrogen) atoms. The Morgan fingerprint density at radius 1 is 0.793 bits per heavy atom. The first kappa shape index (κ1) is 15.0. The molecule has 0 aliphatic carbocycles. The maximum atomic E-state index is 9.55. The van der Waals surface area contributed by atoms with Crippen molar-refractivity contribution in [2.45, 2.75) is 0 Å². The van der Waals surface area contributed by atoms with E-state index in [1.165, 1.54) is 32.7 Å². The van der Waals surface area contributed by atoms with Gasteiger partial charge in [0.05, 0.1) is 22.7 Å². The predicted molar refractivity (Wildman–Crippen MR) is 117 cm³/mol. The summed E-state index contributed by atoms with van der Waals surface area (Å²) in [5.41, 5.74) is 7.71. The molecule has 0 unspecified atom stereocenters. The molecule has 3 nitrogen and oxygen atoms in total. The SMILES string of the molecule is N#Cc1ccc2c(c1)-n1c3ccccc3c3ccc4c(c31)B2c1ccccc1O4. The number of rotatable bonds is 0. The zero-order valence-corrected chi connectivity index (χ0v) is 15.4. The minimum atomic E-state index is 0.0956. The molecule has 3 heterocycles. The first-order chi connectivity index (χ1) is 14.3. The molecule has 0 saturated carbocycles. The summed E-state index contributed by atoms with van der Waals surface area (Å²) in [7, 11) is 0. The van der Waals surface area contributed by atoms with Crippen molar-refractivity contribution < 1.29 is 4.74 Å². The monoisotopic (exact) mass is 368 g/mol. The second kappa shape index (κ2) is 5.09. The lowest BCUT2D eigenvalue weighted by Gasteiger charge is -2.32. The van der Waals surface area contributed by atoms with Gasteiger partial charge in [-0.05, 0) is 52.8 Å². The van der Waals surface area contributed by atoms with Gasteiger partial charge in [-0.2, -0.15) is 5.26 Å². The quantitative estimate of drug-likeness (QED) is 0.384. The van der Waals surface area contributed by atoms with E-state index in [0.29, 0.717) is 5.56 Å². The van der Waals surface area contributed by atoms with Gasteiger partial charge in [0, 0.05) is 16.5 Å². The predicted octanol–water partition coefficient (Wildman–Crippen LogP) is 3.59. The fourth-order valence-corrected chi connectivity index (χ4v) is 5.14. The molecule has 4 aromatic carbocycles. The molecule has 5 aromatic rings. The van der Waals surface area contributed by atoms with E-state index in [-0.39, 0.29) is 6.71 Å². The summed E-state index contributed by atoms with van der Waals surface area (Å²) in [4.78, 5) is 0. The minimum absolute atomic E-state index is 0.0956. The van der Waals surface area contributed by atoms with Gasteiger partial charge in [0.15, 0.2) is 0 Å². The number of aromatic nitrogens is 1. The number of hydrogen-bond donors (Lipinski definition) is 0. The molecule has 2 aliphatic heterocycles. The smallest absolute Gasteiger partial charge is 0.256 e. The third-order valence-electron chi connectivity index (χ3n) is 6.29. The van der Waals surface area contributed by atoms with Gasteiger partial charge in [0.1, 0.15) is 11.5 Å². The highest BCUT2D eigenvalue weighted by Crippen LogP contribution is 2.38. The number of benzene rings is 4. The number of ether oxygens (including phenoxy) is 1. The van der Waals surface area contributed by atoms with Crippen molar-refractivity contribution in [2.24, 2.45) is 0 Å². The van der Waals surface area contributed by atoms with Crippen LogP contribution in [0.15, 0.2) is 78.9 Å². The summed E-state index contributed by atoms with van der Waals surface area (Å²) in [6, 6.07) is 29.4. The summed E-state index contributed by atoms with van der Waals surface area (Å²) >= 11 is 0. The summed E-state index contributed by atoms with van der Waals surface area (Å²) < 4.78 is 8.65. The van der Waals surface area contributed by atoms with E-state index < -0.39 is 0 Å². The number of nitriles is 1. The van der Waals surface area contributed by atoms with Crippen LogP contribution in [0.2, 0.25) is 0 Å². The van der Waals surface area contributed by atoms with Gasteiger partial charge in [-0.3, -0.25) is 0 Å². The lowest BCUT2D eigenvalue weighted by Crippen LogP contribution is -2.58. The molecule has 2 aliphatic rings. The van der Waals surface area contributed by atoms with E-state index in [1.807, 2.05) is 24.3 Å². The molecule has 132 valence electrons. The van der Waals surface area contributed by atoms with Gasteiger partial charge < -0.3 is 9.30 Å². The van der Waals surface area contributed by atoms with Crippen molar-refractivity contribution in [1.29, 1.82) is 5.26 Å². The molecule has 7 rings (SSSR count). The van der Waals surface area contributed by atoms with E-state index in [4.69, 9.17) is 4.74 Å². The highest BCUT2D eigenvalue weighted by Gasteiger charge is 2.40. The first-order valence-electron chi connectivity index (χ1n) is 9.72. The summed E-state index contributed by atoms with van der Waals surface area (Å²) in [6.07, 6.45) is 0. The Labute approximate surface area is 167 Å².